The third-order valence-electron chi connectivity index (χ3n) is 3.12. The first-order chi connectivity index (χ1) is 9.49. The number of carbonyl (C=O) groups excluding carboxylic acids is 1. The summed E-state index contributed by atoms with van der Waals surface area (Å²) in [6, 6.07) is 12.5. The van der Waals surface area contributed by atoms with Crippen LogP contribution in [-0.4, -0.2) is 23.0 Å². The fourth-order valence-corrected chi connectivity index (χ4v) is 2.40. The van der Waals surface area contributed by atoms with E-state index in [1.807, 2.05) is 37.3 Å². The van der Waals surface area contributed by atoms with E-state index in [0.29, 0.717) is 12.1 Å². The molecule has 1 N–H and O–H groups in total. The number of aryl methyl sites for hydroxylation is 1. The van der Waals surface area contributed by atoms with Gasteiger partial charge in [0.25, 0.3) is 5.91 Å². The van der Waals surface area contributed by atoms with Gasteiger partial charge in [0.2, 0.25) is 0 Å². The van der Waals surface area contributed by atoms with Crippen molar-refractivity contribution in [2.75, 3.05) is 7.05 Å². The summed E-state index contributed by atoms with van der Waals surface area (Å²) in [5, 5.41) is 9.26. The van der Waals surface area contributed by atoms with Crippen LogP contribution in [0.2, 0.25) is 0 Å². The number of rotatable bonds is 3. The average molecular weight is 334 g/mol. The fraction of sp³-hybridized carbons (Fsp3) is 0.188. The number of aromatic hydroxyl groups is 1. The monoisotopic (exact) mass is 333 g/mol. The third kappa shape index (κ3) is 3.20. The lowest BCUT2D eigenvalue weighted by molar-refractivity contribution is 0.0784. The number of nitrogens with zero attached hydrogens (tertiary/aromatic N) is 1. The lowest BCUT2D eigenvalue weighted by Gasteiger charge is -2.18. The first-order valence-electron chi connectivity index (χ1n) is 6.27. The molecule has 0 saturated carbocycles. The Morgan fingerprint density at radius 2 is 1.85 bits per heavy atom. The van der Waals surface area contributed by atoms with E-state index >= 15 is 0 Å². The normalized spacial score (nSPS) is 10.3. The molecule has 4 heteroatoms. The molecular weight excluding hydrogens is 318 g/mol. The average Bonchev–Trinajstić information content (AvgIpc) is 2.43. The summed E-state index contributed by atoms with van der Waals surface area (Å²) < 4.78 is 0.836. The molecule has 0 radical (unpaired) electrons. The highest BCUT2D eigenvalue weighted by Crippen LogP contribution is 2.22. The van der Waals surface area contributed by atoms with Crippen LogP contribution in [0.5, 0.6) is 5.75 Å². The Morgan fingerprint density at radius 3 is 2.50 bits per heavy atom. The summed E-state index contributed by atoms with van der Waals surface area (Å²) >= 11 is 3.46. The van der Waals surface area contributed by atoms with Crippen LogP contribution >= 0.6 is 15.9 Å². The van der Waals surface area contributed by atoms with Gasteiger partial charge in [0.05, 0.1) is 5.56 Å². The second-order valence-corrected chi connectivity index (χ2v) is 5.56. The SMILES string of the molecule is Cc1cccc(C(=O)N(C)Cc2ccc(O)cc2)c1Br. The van der Waals surface area contributed by atoms with Gasteiger partial charge in [-0.25, -0.2) is 0 Å². The number of benzene rings is 2. The standard InChI is InChI=1S/C16H16BrNO2/c1-11-4-3-5-14(15(11)17)16(20)18(2)10-12-6-8-13(19)9-7-12/h3-9,19H,10H2,1-2H3. The summed E-state index contributed by atoms with van der Waals surface area (Å²) in [6.07, 6.45) is 0. The molecule has 0 bridgehead atoms. The van der Waals surface area contributed by atoms with Gasteiger partial charge in [0.15, 0.2) is 0 Å². The van der Waals surface area contributed by atoms with E-state index in [-0.39, 0.29) is 11.7 Å². The molecule has 0 aliphatic heterocycles. The Bertz CT molecular complexity index is 623. The number of halogens is 1. The van der Waals surface area contributed by atoms with Crippen LogP contribution in [0.15, 0.2) is 46.9 Å². The van der Waals surface area contributed by atoms with Crippen LogP contribution in [0.1, 0.15) is 21.5 Å². The van der Waals surface area contributed by atoms with E-state index in [9.17, 15) is 9.90 Å². The van der Waals surface area contributed by atoms with Crippen molar-refractivity contribution >= 4 is 21.8 Å². The molecule has 2 aromatic carbocycles. The van der Waals surface area contributed by atoms with Crippen molar-refractivity contribution in [2.45, 2.75) is 13.5 Å². The van der Waals surface area contributed by atoms with Crippen molar-refractivity contribution in [2.24, 2.45) is 0 Å². The lowest BCUT2D eigenvalue weighted by Crippen LogP contribution is -2.26. The first kappa shape index (κ1) is 14.6. The zero-order chi connectivity index (χ0) is 14.7. The lowest BCUT2D eigenvalue weighted by atomic mass is 10.1. The Morgan fingerprint density at radius 1 is 1.20 bits per heavy atom. The van der Waals surface area contributed by atoms with Gasteiger partial charge >= 0.3 is 0 Å². The van der Waals surface area contributed by atoms with E-state index in [0.717, 1.165) is 15.6 Å². The van der Waals surface area contributed by atoms with Crippen molar-refractivity contribution in [1.29, 1.82) is 0 Å². The van der Waals surface area contributed by atoms with Gasteiger partial charge in [-0.2, -0.15) is 0 Å². The minimum Gasteiger partial charge on any atom is -0.508 e. The maximum Gasteiger partial charge on any atom is 0.255 e. The molecule has 20 heavy (non-hydrogen) atoms. The highest BCUT2D eigenvalue weighted by Gasteiger charge is 2.15. The van der Waals surface area contributed by atoms with Gasteiger partial charge < -0.3 is 10.0 Å². The van der Waals surface area contributed by atoms with Crippen LogP contribution in [-0.2, 0) is 6.54 Å². The van der Waals surface area contributed by atoms with Crippen molar-refractivity contribution in [3.8, 4) is 5.75 Å². The molecule has 0 aliphatic carbocycles. The zero-order valence-electron chi connectivity index (χ0n) is 11.4. The molecule has 1 amide bonds. The second kappa shape index (κ2) is 6.09. The molecule has 0 spiro atoms. The minimum absolute atomic E-state index is 0.0337. The zero-order valence-corrected chi connectivity index (χ0v) is 13.0. The Hall–Kier alpha value is -1.81. The van der Waals surface area contributed by atoms with Crippen molar-refractivity contribution in [1.82, 2.24) is 4.90 Å². The Kier molecular flexibility index (Phi) is 4.45. The number of hydrogen-bond donors (Lipinski definition) is 1. The predicted octanol–water partition coefficient (Wildman–Crippen LogP) is 3.74. The van der Waals surface area contributed by atoms with E-state index in [2.05, 4.69) is 15.9 Å². The smallest absolute Gasteiger partial charge is 0.255 e. The fourth-order valence-electron chi connectivity index (χ4n) is 1.97. The topological polar surface area (TPSA) is 40.5 Å². The molecule has 2 rings (SSSR count). The van der Waals surface area contributed by atoms with Gasteiger partial charge in [-0.1, -0.05) is 24.3 Å². The number of phenolic OH excluding ortho intramolecular Hbond substituents is 1. The molecular formula is C16H16BrNO2. The summed E-state index contributed by atoms with van der Waals surface area (Å²) in [4.78, 5) is 14.1. The van der Waals surface area contributed by atoms with Gasteiger partial charge in [0.1, 0.15) is 5.75 Å². The molecule has 0 aromatic heterocycles. The number of amides is 1. The van der Waals surface area contributed by atoms with E-state index in [4.69, 9.17) is 0 Å². The number of hydrogen-bond acceptors (Lipinski definition) is 2. The molecule has 3 nitrogen and oxygen atoms in total. The van der Waals surface area contributed by atoms with Gasteiger partial charge in [-0.05, 0) is 52.2 Å². The molecule has 0 heterocycles. The van der Waals surface area contributed by atoms with Crippen LogP contribution in [0.25, 0.3) is 0 Å². The van der Waals surface area contributed by atoms with Crippen LogP contribution in [0, 0.1) is 6.92 Å². The highest BCUT2D eigenvalue weighted by atomic mass is 79.9. The van der Waals surface area contributed by atoms with Gasteiger partial charge in [-0.15, -0.1) is 0 Å². The maximum absolute atomic E-state index is 12.4. The molecule has 104 valence electrons. The molecule has 0 atom stereocenters. The predicted molar refractivity (Wildman–Crippen MR) is 82.8 cm³/mol. The summed E-state index contributed by atoms with van der Waals surface area (Å²) in [5.41, 5.74) is 2.67. The molecule has 0 saturated heterocycles. The van der Waals surface area contributed by atoms with Crippen LogP contribution in [0.4, 0.5) is 0 Å². The van der Waals surface area contributed by atoms with E-state index in [1.165, 1.54) is 0 Å². The first-order valence-corrected chi connectivity index (χ1v) is 7.07. The van der Waals surface area contributed by atoms with Crippen LogP contribution in [0.3, 0.4) is 0 Å². The maximum atomic E-state index is 12.4. The largest absolute Gasteiger partial charge is 0.508 e. The van der Waals surface area contributed by atoms with E-state index < -0.39 is 0 Å². The van der Waals surface area contributed by atoms with Crippen molar-refractivity contribution < 1.29 is 9.90 Å². The number of phenols is 1. The molecule has 0 fully saturated rings. The summed E-state index contributed by atoms with van der Waals surface area (Å²) in [5.74, 6) is 0.192. The molecule has 2 aromatic rings. The Balaban J connectivity index is 2.16. The Labute approximate surface area is 127 Å². The summed E-state index contributed by atoms with van der Waals surface area (Å²) in [6.45, 7) is 2.46. The van der Waals surface area contributed by atoms with Gasteiger partial charge in [-0.3, -0.25) is 4.79 Å². The summed E-state index contributed by atoms with van der Waals surface area (Å²) in [7, 11) is 1.77. The van der Waals surface area contributed by atoms with E-state index in [1.54, 1.807) is 24.1 Å². The quantitative estimate of drug-likeness (QED) is 0.929. The number of carbonyl (C=O) groups is 1. The van der Waals surface area contributed by atoms with Gasteiger partial charge in [0, 0.05) is 18.1 Å². The third-order valence-corrected chi connectivity index (χ3v) is 4.18. The van der Waals surface area contributed by atoms with Crippen LogP contribution < -0.4 is 0 Å². The second-order valence-electron chi connectivity index (χ2n) is 4.76. The van der Waals surface area contributed by atoms with Crippen molar-refractivity contribution in [3.63, 3.8) is 0 Å². The molecule has 0 aliphatic rings. The van der Waals surface area contributed by atoms with Crippen molar-refractivity contribution in [3.05, 3.63) is 63.6 Å². The highest BCUT2D eigenvalue weighted by molar-refractivity contribution is 9.10. The minimum atomic E-state index is -0.0337. The molecule has 0 unspecified atom stereocenters.